The molecule has 0 fully saturated rings. The van der Waals surface area contributed by atoms with E-state index in [1.165, 1.54) is 0 Å². The number of aliphatic hydroxyl groups excluding tert-OH is 10. The maximum Gasteiger partial charge on any atom is 0.254 e. The van der Waals surface area contributed by atoms with Crippen molar-refractivity contribution in [3.63, 3.8) is 0 Å². The number of ether oxygens (including phenoxy) is 1. The van der Waals surface area contributed by atoms with Crippen molar-refractivity contribution in [3.05, 3.63) is 29.8 Å². The number of hydrogen-bond donors (Lipinski definition) is 10. The van der Waals surface area contributed by atoms with Gasteiger partial charge < -0.3 is 60.7 Å². The van der Waals surface area contributed by atoms with Crippen LogP contribution < -0.4 is 4.74 Å². The Balaban J connectivity index is 2.96. The highest BCUT2D eigenvalue weighted by molar-refractivity contribution is 5.81. The number of amides is 1. The van der Waals surface area contributed by atoms with Crippen LogP contribution in [0.4, 0.5) is 0 Å². The van der Waals surface area contributed by atoms with Gasteiger partial charge in [0.15, 0.2) is 6.10 Å². The van der Waals surface area contributed by atoms with Crippen molar-refractivity contribution in [2.75, 3.05) is 32.9 Å². The SMILES string of the molecule is CCc1ccc(OCCN(C[C@H](O)[C@@H](O)[C@H](O)[C@H](O)CO)C(=O)[C@H](O)[C@@H](O)[C@H](O)[C@H](O)CO)cc1. The second-order valence-electron chi connectivity index (χ2n) is 8.10. The zero-order valence-corrected chi connectivity index (χ0v) is 19.4. The van der Waals surface area contributed by atoms with Crippen molar-refractivity contribution in [2.24, 2.45) is 0 Å². The summed E-state index contributed by atoms with van der Waals surface area (Å²) in [4.78, 5) is 13.6. The molecule has 0 saturated carbocycles. The number of hydrogen-bond acceptors (Lipinski definition) is 12. The zero-order chi connectivity index (χ0) is 26.7. The van der Waals surface area contributed by atoms with Crippen molar-refractivity contribution < 1.29 is 60.6 Å². The Bertz CT molecular complexity index is 736. The summed E-state index contributed by atoms with van der Waals surface area (Å²) >= 11 is 0. The Morgan fingerprint density at radius 3 is 1.77 bits per heavy atom. The normalized spacial score (nSPS) is 18.6. The zero-order valence-electron chi connectivity index (χ0n) is 19.4. The molecule has 0 heterocycles. The molecule has 202 valence electrons. The molecule has 35 heavy (non-hydrogen) atoms. The Morgan fingerprint density at radius 2 is 1.29 bits per heavy atom. The number of aliphatic hydroxyl groups is 10. The van der Waals surface area contributed by atoms with E-state index in [-0.39, 0.29) is 13.2 Å². The fourth-order valence-electron chi connectivity index (χ4n) is 3.14. The van der Waals surface area contributed by atoms with Gasteiger partial charge in [-0.1, -0.05) is 19.1 Å². The van der Waals surface area contributed by atoms with Gasteiger partial charge in [0.25, 0.3) is 5.91 Å². The highest BCUT2D eigenvalue weighted by Gasteiger charge is 2.38. The predicted molar refractivity (Wildman–Crippen MR) is 120 cm³/mol. The molecule has 0 spiro atoms. The predicted octanol–water partition coefficient (Wildman–Crippen LogP) is -4.67. The van der Waals surface area contributed by atoms with Crippen LogP contribution in [0.3, 0.4) is 0 Å². The average Bonchev–Trinajstić information content (AvgIpc) is 2.88. The minimum Gasteiger partial charge on any atom is -0.492 e. The number of rotatable bonds is 16. The molecule has 0 radical (unpaired) electrons. The van der Waals surface area contributed by atoms with E-state index in [9.17, 15) is 45.6 Å². The van der Waals surface area contributed by atoms with Gasteiger partial charge in [-0.25, -0.2) is 0 Å². The van der Waals surface area contributed by atoms with Gasteiger partial charge in [-0.05, 0) is 24.1 Å². The molecule has 0 aliphatic rings. The Morgan fingerprint density at radius 1 is 0.800 bits per heavy atom. The van der Waals surface area contributed by atoms with E-state index in [1.807, 2.05) is 19.1 Å². The average molecular weight is 508 g/mol. The molecule has 13 nitrogen and oxygen atoms in total. The first-order valence-electron chi connectivity index (χ1n) is 11.1. The van der Waals surface area contributed by atoms with Crippen LogP contribution in [0, 0.1) is 0 Å². The first-order valence-corrected chi connectivity index (χ1v) is 11.1. The van der Waals surface area contributed by atoms with Crippen molar-refractivity contribution >= 4 is 5.91 Å². The van der Waals surface area contributed by atoms with Gasteiger partial charge >= 0.3 is 0 Å². The smallest absolute Gasteiger partial charge is 0.254 e. The summed E-state index contributed by atoms with van der Waals surface area (Å²) in [6.07, 6.45) is -15.2. The molecule has 10 N–H and O–H groups in total. The third kappa shape index (κ3) is 9.24. The largest absolute Gasteiger partial charge is 0.492 e. The highest BCUT2D eigenvalue weighted by atomic mass is 16.5. The second kappa shape index (κ2) is 15.3. The van der Waals surface area contributed by atoms with E-state index >= 15 is 0 Å². The molecule has 1 rings (SSSR count). The Hall–Kier alpha value is -1.91. The summed E-state index contributed by atoms with van der Waals surface area (Å²) < 4.78 is 5.55. The lowest BCUT2D eigenvalue weighted by Gasteiger charge is -2.33. The minimum atomic E-state index is -2.30. The van der Waals surface area contributed by atoms with Crippen molar-refractivity contribution in [2.45, 2.75) is 62.2 Å². The molecule has 8 atom stereocenters. The fraction of sp³-hybridized carbons (Fsp3) is 0.682. The van der Waals surface area contributed by atoms with E-state index in [0.29, 0.717) is 5.75 Å². The standard InChI is InChI=1S/C22H37NO12/c1-2-12-3-5-13(6-4-12)35-8-7-23(9-14(26)17(29)18(30)15(27)10-24)22(34)21(33)20(32)19(31)16(28)11-25/h3-6,14-21,24-33H,2,7-11H2,1H3/t14-,15+,16+,17+,18+,19+,20-,21+/m0/s1. The van der Waals surface area contributed by atoms with E-state index < -0.39 is 74.5 Å². The molecular formula is C22H37NO12. The summed E-state index contributed by atoms with van der Waals surface area (Å²) in [6, 6.07) is 7.06. The molecule has 0 aliphatic carbocycles. The molecule has 1 aromatic carbocycles. The molecule has 1 aromatic rings. The number of carbonyl (C=O) groups is 1. The van der Waals surface area contributed by atoms with Crippen LogP contribution in [0.15, 0.2) is 24.3 Å². The van der Waals surface area contributed by atoms with Gasteiger partial charge in [0.2, 0.25) is 0 Å². The first-order chi connectivity index (χ1) is 16.5. The van der Waals surface area contributed by atoms with E-state index in [1.54, 1.807) is 12.1 Å². The van der Waals surface area contributed by atoms with E-state index in [4.69, 9.17) is 14.9 Å². The third-order valence-electron chi connectivity index (χ3n) is 5.51. The van der Waals surface area contributed by atoms with Gasteiger partial charge in [0.1, 0.15) is 55.1 Å². The number of aryl methyl sites for hydroxylation is 1. The van der Waals surface area contributed by atoms with Crippen LogP contribution >= 0.6 is 0 Å². The van der Waals surface area contributed by atoms with E-state index in [0.717, 1.165) is 16.9 Å². The number of nitrogens with zero attached hydrogens (tertiary/aromatic N) is 1. The lowest BCUT2D eigenvalue weighted by atomic mass is 10.0. The van der Waals surface area contributed by atoms with Crippen LogP contribution in [0.5, 0.6) is 5.75 Å². The van der Waals surface area contributed by atoms with Crippen LogP contribution in [-0.4, -0.2) is 144 Å². The molecule has 0 aliphatic heterocycles. The van der Waals surface area contributed by atoms with Gasteiger partial charge in [-0.3, -0.25) is 4.79 Å². The lowest BCUT2D eigenvalue weighted by Crippen LogP contribution is -2.56. The lowest BCUT2D eigenvalue weighted by molar-refractivity contribution is -0.163. The van der Waals surface area contributed by atoms with Crippen molar-refractivity contribution in [1.82, 2.24) is 4.90 Å². The van der Waals surface area contributed by atoms with E-state index in [2.05, 4.69) is 0 Å². The topological polar surface area (TPSA) is 232 Å². The molecule has 0 aromatic heterocycles. The van der Waals surface area contributed by atoms with Crippen LogP contribution in [0.1, 0.15) is 12.5 Å². The summed E-state index contributed by atoms with van der Waals surface area (Å²) in [6.45, 7) is -1.05. The molecule has 1 amide bonds. The maximum absolute atomic E-state index is 12.8. The quantitative estimate of drug-likeness (QED) is 0.102. The highest BCUT2D eigenvalue weighted by Crippen LogP contribution is 2.14. The van der Waals surface area contributed by atoms with Gasteiger partial charge in [0, 0.05) is 6.54 Å². The van der Waals surface area contributed by atoms with Crippen molar-refractivity contribution in [3.8, 4) is 5.75 Å². The van der Waals surface area contributed by atoms with Gasteiger partial charge in [0.05, 0.1) is 19.8 Å². The van der Waals surface area contributed by atoms with Crippen LogP contribution in [0.25, 0.3) is 0 Å². The summed E-state index contributed by atoms with van der Waals surface area (Å²) in [5.41, 5.74) is 1.07. The van der Waals surface area contributed by atoms with Crippen LogP contribution in [-0.2, 0) is 11.2 Å². The maximum atomic E-state index is 12.8. The first kappa shape index (κ1) is 31.1. The van der Waals surface area contributed by atoms with Crippen LogP contribution in [0.2, 0.25) is 0 Å². The fourth-order valence-corrected chi connectivity index (χ4v) is 3.14. The molecule has 0 saturated heterocycles. The molecular weight excluding hydrogens is 470 g/mol. The summed E-state index contributed by atoms with van der Waals surface area (Å²) in [7, 11) is 0. The third-order valence-corrected chi connectivity index (χ3v) is 5.51. The molecule has 0 bridgehead atoms. The number of benzene rings is 1. The minimum absolute atomic E-state index is 0.160. The molecule has 0 unspecified atom stereocenters. The van der Waals surface area contributed by atoms with Gasteiger partial charge in [-0.2, -0.15) is 0 Å². The monoisotopic (exact) mass is 507 g/mol. The Kier molecular flexibility index (Phi) is 13.6. The molecule has 13 heteroatoms. The van der Waals surface area contributed by atoms with Gasteiger partial charge in [-0.15, -0.1) is 0 Å². The van der Waals surface area contributed by atoms with Crippen molar-refractivity contribution in [1.29, 1.82) is 0 Å². The second-order valence-corrected chi connectivity index (χ2v) is 8.10. The summed E-state index contributed by atoms with van der Waals surface area (Å²) in [5.74, 6) is -0.770. The summed E-state index contributed by atoms with van der Waals surface area (Å²) in [5, 5.41) is 97.0. The number of carbonyl (C=O) groups excluding carboxylic acids is 1. The Labute approximate surface area is 202 Å².